The third-order valence-electron chi connectivity index (χ3n) is 3.15. The second-order valence-corrected chi connectivity index (χ2v) is 4.40. The average Bonchev–Trinajstić information content (AvgIpc) is 2.40. The van der Waals surface area contributed by atoms with Gasteiger partial charge in [0.05, 0.1) is 6.04 Å². The molecule has 0 radical (unpaired) electrons. The van der Waals surface area contributed by atoms with Crippen molar-refractivity contribution in [2.45, 2.75) is 32.2 Å². The average molecular weight is 242 g/mol. The standard InChI is InChI=1S/C14H16N3O/c1-11(18)17(12-7-3-2-4-8-12)14-10-6-5-9-13(14)16-15/h3,5-7,9-10,12H,2,4,8H2,1H3/q+1. The zero-order chi connectivity index (χ0) is 13.0. The van der Waals surface area contributed by atoms with Crippen LogP contribution in [0.15, 0.2) is 36.4 Å². The van der Waals surface area contributed by atoms with Gasteiger partial charge in [0.1, 0.15) is 5.69 Å². The predicted octanol–water partition coefficient (Wildman–Crippen LogP) is 3.63. The molecule has 0 N–H and O–H groups in total. The molecule has 92 valence electrons. The highest BCUT2D eigenvalue weighted by atomic mass is 16.2. The van der Waals surface area contributed by atoms with Gasteiger partial charge >= 0.3 is 5.69 Å². The summed E-state index contributed by atoms with van der Waals surface area (Å²) in [5.41, 5.74) is 1.08. The lowest BCUT2D eigenvalue weighted by molar-refractivity contribution is -0.116. The molecule has 0 saturated carbocycles. The monoisotopic (exact) mass is 242 g/mol. The van der Waals surface area contributed by atoms with Crippen LogP contribution in [0.2, 0.25) is 0 Å². The quantitative estimate of drug-likeness (QED) is 0.587. The molecule has 1 aromatic carbocycles. The number of hydrogen-bond donors (Lipinski definition) is 0. The topological polar surface area (TPSA) is 48.5 Å². The zero-order valence-corrected chi connectivity index (χ0v) is 10.4. The molecule has 1 unspecified atom stereocenters. The summed E-state index contributed by atoms with van der Waals surface area (Å²) in [6.07, 6.45) is 7.23. The van der Waals surface area contributed by atoms with Crippen molar-refractivity contribution >= 4 is 17.3 Å². The van der Waals surface area contributed by atoms with Crippen molar-refractivity contribution in [3.63, 3.8) is 0 Å². The van der Waals surface area contributed by atoms with E-state index in [1.807, 2.05) is 6.07 Å². The van der Waals surface area contributed by atoms with Crippen molar-refractivity contribution in [3.8, 4) is 0 Å². The Morgan fingerprint density at radius 1 is 1.44 bits per heavy atom. The number of carbonyl (C=O) groups is 1. The number of benzene rings is 1. The molecular weight excluding hydrogens is 226 g/mol. The molecule has 1 aromatic rings. The summed E-state index contributed by atoms with van der Waals surface area (Å²) in [5.74, 6) is -0.0392. The lowest BCUT2D eigenvalue weighted by atomic mass is 10.0. The number of carbonyl (C=O) groups excluding carboxylic acids is 1. The summed E-state index contributed by atoms with van der Waals surface area (Å²) in [4.78, 5) is 16.8. The van der Waals surface area contributed by atoms with Crippen LogP contribution in [0.1, 0.15) is 26.2 Å². The van der Waals surface area contributed by atoms with Crippen LogP contribution in [0, 0.1) is 5.39 Å². The zero-order valence-electron chi connectivity index (χ0n) is 10.4. The third-order valence-corrected chi connectivity index (χ3v) is 3.15. The van der Waals surface area contributed by atoms with Gasteiger partial charge in [0.25, 0.3) is 0 Å². The van der Waals surface area contributed by atoms with Crippen molar-refractivity contribution in [1.29, 1.82) is 5.39 Å². The summed E-state index contributed by atoms with van der Waals surface area (Å²) in [6.45, 7) is 1.54. The second kappa shape index (κ2) is 5.46. The number of hydrogen-bond acceptors (Lipinski definition) is 2. The molecule has 1 aliphatic carbocycles. The molecule has 0 heterocycles. The summed E-state index contributed by atoms with van der Waals surface area (Å²) < 4.78 is 0. The van der Waals surface area contributed by atoms with Gasteiger partial charge < -0.3 is 0 Å². The van der Waals surface area contributed by atoms with Crippen LogP contribution in [0.25, 0.3) is 4.98 Å². The van der Waals surface area contributed by atoms with E-state index in [0.717, 1.165) is 19.3 Å². The minimum Gasteiger partial charge on any atom is -0.299 e. The van der Waals surface area contributed by atoms with E-state index in [4.69, 9.17) is 5.39 Å². The fourth-order valence-electron chi connectivity index (χ4n) is 2.34. The van der Waals surface area contributed by atoms with Gasteiger partial charge in [0.15, 0.2) is 4.98 Å². The summed E-state index contributed by atoms with van der Waals surface area (Å²) in [5, 5.41) is 9.02. The molecule has 18 heavy (non-hydrogen) atoms. The Kier molecular flexibility index (Phi) is 3.73. The SMILES string of the molecule is CC(=O)N(c1ccccc1[N+]#N)C1C=CCCC1. The Labute approximate surface area is 107 Å². The molecule has 4 nitrogen and oxygen atoms in total. The molecular formula is C14H16N3O+. The molecule has 0 spiro atoms. The van der Waals surface area contributed by atoms with E-state index in [1.54, 1.807) is 23.1 Å². The van der Waals surface area contributed by atoms with Gasteiger partial charge in [-0.3, -0.25) is 9.69 Å². The Bertz CT molecular complexity index is 516. The normalized spacial score (nSPS) is 18.1. The first-order chi connectivity index (χ1) is 8.74. The molecule has 1 atom stereocenters. The van der Waals surface area contributed by atoms with Crippen LogP contribution in [-0.2, 0) is 4.79 Å². The van der Waals surface area contributed by atoms with Crippen LogP contribution in [0.5, 0.6) is 0 Å². The van der Waals surface area contributed by atoms with Crippen molar-refractivity contribution < 1.29 is 4.79 Å². The van der Waals surface area contributed by atoms with Gasteiger partial charge in [-0.05, 0) is 25.3 Å². The minimum absolute atomic E-state index is 0.0392. The number of para-hydroxylation sites is 1. The Morgan fingerprint density at radius 3 is 2.83 bits per heavy atom. The van der Waals surface area contributed by atoms with Crippen molar-refractivity contribution in [2.75, 3.05) is 4.90 Å². The number of rotatable bonds is 2. The smallest absolute Gasteiger partial charge is 0.299 e. The molecule has 1 aliphatic rings. The van der Waals surface area contributed by atoms with Gasteiger partial charge in [-0.1, -0.05) is 24.3 Å². The van der Waals surface area contributed by atoms with Gasteiger partial charge in [0.2, 0.25) is 11.3 Å². The molecule has 2 rings (SSSR count). The molecule has 4 heteroatoms. The number of allylic oxidation sites excluding steroid dienone is 1. The molecule has 0 fully saturated rings. The summed E-state index contributed by atoms with van der Waals surface area (Å²) in [7, 11) is 0. The maximum Gasteiger partial charge on any atom is 0.408 e. The third kappa shape index (κ3) is 2.40. The van der Waals surface area contributed by atoms with E-state index >= 15 is 0 Å². The van der Waals surface area contributed by atoms with Crippen molar-refractivity contribution in [3.05, 3.63) is 41.4 Å². The first kappa shape index (κ1) is 12.3. The second-order valence-electron chi connectivity index (χ2n) is 4.40. The highest BCUT2D eigenvalue weighted by molar-refractivity contribution is 5.96. The van der Waals surface area contributed by atoms with E-state index in [2.05, 4.69) is 17.1 Å². The molecule has 0 bridgehead atoms. The maximum atomic E-state index is 11.9. The molecule has 1 amide bonds. The molecule has 0 aliphatic heterocycles. The van der Waals surface area contributed by atoms with E-state index in [-0.39, 0.29) is 11.9 Å². The van der Waals surface area contributed by atoms with Crippen molar-refractivity contribution in [2.24, 2.45) is 0 Å². The number of amides is 1. The number of diazo groups is 1. The van der Waals surface area contributed by atoms with Gasteiger partial charge in [-0.15, -0.1) is 0 Å². The first-order valence-electron chi connectivity index (χ1n) is 6.14. The Morgan fingerprint density at radius 2 is 2.22 bits per heavy atom. The van der Waals surface area contributed by atoms with E-state index in [0.29, 0.717) is 11.4 Å². The predicted molar refractivity (Wildman–Crippen MR) is 71.1 cm³/mol. The van der Waals surface area contributed by atoms with Gasteiger partial charge in [-0.25, -0.2) is 0 Å². The van der Waals surface area contributed by atoms with Gasteiger partial charge in [0, 0.05) is 13.0 Å². The van der Waals surface area contributed by atoms with Crippen LogP contribution in [0.3, 0.4) is 0 Å². The van der Waals surface area contributed by atoms with Crippen LogP contribution in [0.4, 0.5) is 11.4 Å². The molecule has 0 aromatic heterocycles. The highest BCUT2D eigenvalue weighted by Crippen LogP contribution is 2.32. The van der Waals surface area contributed by atoms with Crippen LogP contribution < -0.4 is 4.90 Å². The van der Waals surface area contributed by atoms with E-state index < -0.39 is 0 Å². The maximum absolute atomic E-state index is 11.9. The summed E-state index contributed by atoms with van der Waals surface area (Å²) >= 11 is 0. The molecule has 0 saturated heterocycles. The summed E-state index contributed by atoms with van der Waals surface area (Å²) in [6, 6.07) is 7.18. The minimum atomic E-state index is -0.0392. The Hall–Kier alpha value is -2.15. The fourth-order valence-corrected chi connectivity index (χ4v) is 2.34. The Balaban J connectivity index is 2.41. The van der Waals surface area contributed by atoms with Crippen molar-refractivity contribution in [1.82, 2.24) is 0 Å². The van der Waals surface area contributed by atoms with E-state index in [9.17, 15) is 4.79 Å². The van der Waals surface area contributed by atoms with Crippen LogP contribution >= 0.6 is 0 Å². The van der Waals surface area contributed by atoms with Crippen LogP contribution in [-0.4, -0.2) is 11.9 Å². The largest absolute Gasteiger partial charge is 0.408 e. The van der Waals surface area contributed by atoms with Gasteiger partial charge in [-0.2, -0.15) is 0 Å². The lowest BCUT2D eigenvalue weighted by Gasteiger charge is -2.29. The highest BCUT2D eigenvalue weighted by Gasteiger charge is 2.27. The fraction of sp³-hybridized carbons (Fsp3) is 0.357. The first-order valence-corrected chi connectivity index (χ1v) is 6.14. The lowest BCUT2D eigenvalue weighted by Crippen LogP contribution is -2.38. The number of nitrogens with zero attached hydrogens (tertiary/aromatic N) is 3. The number of anilines is 1. The van der Waals surface area contributed by atoms with E-state index in [1.165, 1.54) is 6.92 Å².